The van der Waals surface area contributed by atoms with Gasteiger partial charge in [-0.2, -0.15) is 0 Å². The van der Waals surface area contributed by atoms with E-state index in [1.807, 2.05) is 18.6 Å². The van der Waals surface area contributed by atoms with Crippen molar-refractivity contribution in [1.29, 1.82) is 0 Å². The van der Waals surface area contributed by atoms with Gasteiger partial charge in [0.05, 0.1) is 21.3 Å². The summed E-state index contributed by atoms with van der Waals surface area (Å²) >= 11 is 0. The number of rotatable bonds is 5. The lowest BCUT2D eigenvalue weighted by molar-refractivity contribution is 0.324. The maximum Gasteiger partial charge on any atom is 0.203 e. The van der Waals surface area contributed by atoms with Crippen LogP contribution in [0.3, 0.4) is 0 Å². The molecule has 0 saturated heterocycles. The average molecular weight is 210 g/mol. The normalized spacial score (nSPS) is 9.87. The monoisotopic (exact) mass is 210 g/mol. The smallest absolute Gasteiger partial charge is 0.203 e. The molecule has 0 aliphatic heterocycles. The van der Waals surface area contributed by atoms with Crippen LogP contribution in [0.1, 0.15) is 5.56 Å². The summed E-state index contributed by atoms with van der Waals surface area (Å²) in [5, 5.41) is 0. The number of hydrogen-bond acceptors (Lipinski definition) is 4. The van der Waals surface area contributed by atoms with Gasteiger partial charge in [0.15, 0.2) is 11.5 Å². The van der Waals surface area contributed by atoms with Gasteiger partial charge in [0.25, 0.3) is 0 Å². The summed E-state index contributed by atoms with van der Waals surface area (Å²) in [6.45, 7) is 0.471. The fourth-order valence-electron chi connectivity index (χ4n) is 1.36. The Kier molecular flexibility index (Phi) is 4.24. The molecule has 4 heteroatoms. The van der Waals surface area contributed by atoms with Crippen LogP contribution in [0.5, 0.6) is 17.2 Å². The van der Waals surface area contributed by atoms with E-state index in [4.69, 9.17) is 19.9 Å². The molecule has 0 spiro atoms. The van der Waals surface area contributed by atoms with Gasteiger partial charge in [-0.3, -0.25) is 0 Å². The van der Waals surface area contributed by atoms with Crippen LogP contribution in [0.4, 0.5) is 0 Å². The number of hydrogen-bond donors (Lipinski definition) is 1. The first-order valence-electron chi connectivity index (χ1n) is 4.60. The third-order valence-corrected chi connectivity index (χ3v) is 2.04. The van der Waals surface area contributed by atoms with Crippen LogP contribution in [0.2, 0.25) is 0 Å². The van der Waals surface area contributed by atoms with Crippen LogP contribution in [0, 0.1) is 6.42 Å². The number of ether oxygens (including phenoxy) is 3. The molecule has 0 aromatic heterocycles. The van der Waals surface area contributed by atoms with Crippen LogP contribution < -0.4 is 19.9 Å². The van der Waals surface area contributed by atoms with E-state index in [9.17, 15) is 0 Å². The zero-order valence-electron chi connectivity index (χ0n) is 9.24. The predicted molar refractivity (Wildman–Crippen MR) is 58.6 cm³/mol. The number of nitrogens with two attached hydrogens (primary N) is 1. The van der Waals surface area contributed by atoms with Crippen LogP contribution in [-0.4, -0.2) is 27.9 Å². The molecule has 1 aromatic carbocycles. The average Bonchev–Trinajstić information content (AvgIpc) is 2.28. The first-order chi connectivity index (χ1) is 7.26. The van der Waals surface area contributed by atoms with Gasteiger partial charge in [0, 0.05) is 6.42 Å². The fourth-order valence-corrected chi connectivity index (χ4v) is 1.36. The third kappa shape index (κ3) is 2.53. The number of methoxy groups -OCH3 is 3. The molecule has 0 aliphatic rings. The highest BCUT2D eigenvalue weighted by atomic mass is 16.5. The van der Waals surface area contributed by atoms with Crippen molar-refractivity contribution < 1.29 is 14.2 Å². The van der Waals surface area contributed by atoms with Gasteiger partial charge in [-0.15, -0.1) is 0 Å². The van der Waals surface area contributed by atoms with Crippen molar-refractivity contribution in [2.24, 2.45) is 5.73 Å². The lowest BCUT2D eigenvalue weighted by Gasteiger charge is -2.13. The Bertz CT molecular complexity index is 301. The molecule has 2 N–H and O–H groups in total. The van der Waals surface area contributed by atoms with Gasteiger partial charge in [0.1, 0.15) is 0 Å². The molecular formula is C11H16NO3. The first kappa shape index (κ1) is 11.7. The molecule has 4 nitrogen and oxygen atoms in total. The molecule has 0 heterocycles. The van der Waals surface area contributed by atoms with E-state index in [1.54, 1.807) is 21.3 Å². The highest BCUT2D eigenvalue weighted by Crippen LogP contribution is 2.38. The van der Waals surface area contributed by atoms with Crippen molar-refractivity contribution in [3.63, 3.8) is 0 Å². The van der Waals surface area contributed by atoms with E-state index in [2.05, 4.69) is 0 Å². The van der Waals surface area contributed by atoms with Crippen LogP contribution in [-0.2, 0) is 0 Å². The summed E-state index contributed by atoms with van der Waals surface area (Å²) in [7, 11) is 4.75. The van der Waals surface area contributed by atoms with Crippen molar-refractivity contribution in [1.82, 2.24) is 0 Å². The summed E-state index contributed by atoms with van der Waals surface area (Å²) in [5.74, 6) is 1.86. The van der Waals surface area contributed by atoms with E-state index < -0.39 is 0 Å². The van der Waals surface area contributed by atoms with E-state index in [0.29, 0.717) is 23.8 Å². The molecule has 0 atom stereocenters. The molecule has 0 unspecified atom stereocenters. The predicted octanol–water partition coefficient (Wildman–Crippen LogP) is 1.22. The molecule has 0 aliphatic carbocycles. The second kappa shape index (κ2) is 5.46. The van der Waals surface area contributed by atoms with Crippen molar-refractivity contribution in [2.75, 3.05) is 27.9 Å². The van der Waals surface area contributed by atoms with E-state index in [0.717, 1.165) is 5.56 Å². The van der Waals surface area contributed by atoms with Gasteiger partial charge in [-0.05, 0) is 24.2 Å². The Hall–Kier alpha value is -1.42. The minimum atomic E-state index is 0.471. The van der Waals surface area contributed by atoms with Crippen molar-refractivity contribution in [3.05, 3.63) is 24.1 Å². The Labute approximate surface area is 89.9 Å². The minimum absolute atomic E-state index is 0.471. The highest BCUT2D eigenvalue weighted by molar-refractivity contribution is 5.55. The van der Waals surface area contributed by atoms with Crippen LogP contribution >= 0.6 is 0 Å². The topological polar surface area (TPSA) is 53.7 Å². The largest absolute Gasteiger partial charge is 0.493 e. The summed E-state index contributed by atoms with van der Waals surface area (Å²) in [6.07, 6.45) is 1.88. The van der Waals surface area contributed by atoms with Gasteiger partial charge in [-0.25, -0.2) is 0 Å². The van der Waals surface area contributed by atoms with E-state index >= 15 is 0 Å². The lowest BCUT2D eigenvalue weighted by atomic mass is 10.1. The van der Waals surface area contributed by atoms with Gasteiger partial charge >= 0.3 is 0 Å². The molecule has 83 valence electrons. The molecule has 15 heavy (non-hydrogen) atoms. The molecule has 1 aromatic rings. The molecule has 0 saturated carbocycles. The van der Waals surface area contributed by atoms with Gasteiger partial charge in [-0.1, -0.05) is 0 Å². The summed E-state index contributed by atoms with van der Waals surface area (Å²) in [6, 6.07) is 3.71. The molecule has 0 bridgehead atoms. The van der Waals surface area contributed by atoms with Crippen molar-refractivity contribution in [2.45, 2.75) is 0 Å². The Balaban J connectivity index is 3.16. The summed E-state index contributed by atoms with van der Waals surface area (Å²) in [5.41, 5.74) is 6.40. The molecule has 0 amide bonds. The summed E-state index contributed by atoms with van der Waals surface area (Å²) in [4.78, 5) is 0. The van der Waals surface area contributed by atoms with Crippen LogP contribution in [0.25, 0.3) is 0 Å². The van der Waals surface area contributed by atoms with Gasteiger partial charge < -0.3 is 19.9 Å². The lowest BCUT2D eigenvalue weighted by Crippen LogP contribution is -2.02. The summed E-state index contributed by atoms with van der Waals surface area (Å²) < 4.78 is 15.6. The maximum atomic E-state index is 5.45. The second-order valence-corrected chi connectivity index (χ2v) is 2.90. The quantitative estimate of drug-likeness (QED) is 0.794. The second-order valence-electron chi connectivity index (χ2n) is 2.90. The fraction of sp³-hybridized carbons (Fsp3) is 0.364. The molecule has 1 radical (unpaired) electrons. The number of benzene rings is 1. The molecule has 0 fully saturated rings. The SMILES string of the molecule is COc1cc([CH]CN)cc(OC)c1OC. The van der Waals surface area contributed by atoms with E-state index in [-0.39, 0.29) is 0 Å². The minimum Gasteiger partial charge on any atom is -0.493 e. The van der Waals surface area contributed by atoms with Crippen LogP contribution in [0.15, 0.2) is 12.1 Å². The van der Waals surface area contributed by atoms with Crippen molar-refractivity contribution >= 4 is 0 Å². The first-order valence-corrected chi connectivity index (χ1v) is 4.60. The Morgan fingerprint density at radius 2 is 1.60 bits per heavy atom. The highest BCUT2D eigenvalue weighted by Gasteiger charge is 2.12. The Morgan fingerprint density at radius 3 is 1.93 bits per heavy atom. The standard InChI is InChI=1S/C11H16NO3/c1-13-9-6-8(4-5-12)7-10(14-2)11(9)15-3/h4,6-7H,5,12H2,1-3H3. The zero-order valence-corrected chi connectivity index (χ0v) is 9.24. The van der Waals surface area contributed by atoms with E-state index in [1.165, 1.54) is 0 Å². The molecule has 1 rings (SSSR count). The van der Waals surface area contributed by atoms with Crippen molar-refractivity contribution in [3.8, 4) is 17.2 Å². The molecular weight excluding hydrogens is 194 g/mol. The third-order valence-electron chi connectivity index (χ3n) is 2.04. The Morgan fingerprint density at radius 1 is 1.07 bits per heavy atom. The maximum absolute atomic E-state index is 5.45. The zero-order chi connectivity index (χ0) is 11.3. The van der Waals surface area contributed by atoms with Gasteiger partial charge in [0.2, 0.25) is 5.75 Å².